The van der Waals surface area contributed by atoms with Crippen molar-refractivity contribution in [1.29, 1.82) is 0 Å². The number of hydrogen-bond acceptors (Lipinski definition) is 1. The van der Waals surface area contributed by atoms with Crippen molar-refractivity contribution in [2.24, 2.45) is 0 Å². The molecule has 0 atom stereocenters. The van der Waals surface area contributed by atoms with Gasteiger partial charge in [-0.2, -0.15) is 0 Å². The highest BCUT2D eigenvalue weighted by Crippen LogP contribution is 2.26. The second-order valence-electron chi connectivity index (χ2n) is 5.28. The minimum absolute atomic E-state index is 0.719. The van der Waals surface area contributed by atoms with Gasteiger partial charge in [-0.15, -0.1) is 0 Å². The lowest BCUT2D eigenvalue weighted by molar-refractivity contribution is 1.17. The van der Waals surface area contributed by atoms with Crippen molar-refractivity contribution in [3.05, 3.63) is 99.3 Å². The first-order valence-electron chi connectivity index (χ1n) is 7.29. The summed E-state index contributed by atoms with van der Waals surface area (Å²) in [5.41, 5.74) is 5.11. The van der Waals surface area contributed by atoms with Gasteiger partial charge in [-0.3, -0.25) is 4.98 Å². The Morgan fingerprint density at radius 1 is 0.826 bits per heavy atom. The lowest BCUT2D eigenvalue weighted by atomic mass is 9.99. The topological polar surface area (TPSA) is 12.9 Å². The van der Waals surface area contributed by atoms with Gasteiger partial charge in [0.15, 0.2) is 0 Å². The molecule has 0 spiro atoms. The lowest BCUT2D eigenvalue weighted by Crippen LogP contribution is -1.93. The molecular weight excluding hydrogens is 325 g/mol. The van der Waals surface area contributed by atoms with E-state index in [1.165, 1.54) is 0 Å². The van der Waals surface area contributed by atoms with Crippen molar-refractivity contribution in [1.82, 2.24) is 4.98 Å². The Morgan fingerprint density at radius 3 is 2.04 bits per heavy atom. The van der Waals surface area contributed by atoms with Crippen LogP contribution in [0.25, 0.3) is 11.6 Å². The zero-order chi connectivity index (χ0) is 16.2. The Morgan fingerprint density at radius 2 is 1.43 bits per heavy atom. The Hall–Kier alpha value is -2.09. The minimum Gasteiger partial charge on any atom is -0.253 e. The highest BCUT2D eigenvalue weighted by atomic mass is 35.5. The number of aryl methyl sites for hydroxylation is 1. The molecule has 23 heavy (non-hydrogen) atoms. The third kappa shape index (κ3) is 4.01. The van der Waals surface area contributed by atoms with Crippen LogP contribution in [-0.4, -0.2) is 4.98 Å². The smallest absolute Gasteiger partial charge is 0.0711 e. The van der Waals surface area contributed by atoms with Crippen LogP contribution in [0.4, 0.5) is 0 Å². The molecule has 1 heterocycles. The summed E-state index contributed by atoms with van der Waals surface area (Å²) in [6, 6.07) is 21.6. The first-order valence-corrected chi connectivity index (χ1v) is 8.05. The van der Waals surface area contributed by atoms with E-state index in [1.807, 2.05) is 73.7 Å². The zero-order valence-corrected chi connectivity index (χ0v) is 14.1. The van der Waals surface area contributed by atoms with Crippen LogP contribution >= 0.6 is 23.2 Å². The van der Waals surface area contributed by atoms with Crippen molar-refractivity contribution >= 4 is 34.9 Å². The van der Waals surface area contributed by atoms with Gasteiger partial charge in [-0.25, -0.2) is 0 Å². The van der Waals surface area contributed by atoms with Crippen molar-refractivity contribution in [2.75, 3.05) is 0 Å². The van der Waals surface area contributed by atoms with E-state index in [0.29, 0.717) is 0 Å². The van der Waals surface area contributed by atoms with Gasteiger partial charge in [0.05, 0.1) is 5.69 Å². The van der Waals surface area contributed by atoms with Crippen LogP contribution in [-0.2, 0) is 0 Å². The molecule has 0 bridgehead atoms. The van der Waals surface area contributed by atoms with Crippen LogP contribution in [0.3, 0.4) is 0 Å². The van der Waals surface area contributed by atoms with E-state index in [-0.39, 0.29) is 0 Å². The Labute approximate surface area is 146 Å². The van der Waals surface area contributed by atoms with Gasteiger partial charge in [0.25, 0.3) is 0 Å². The monoisotopic (exact) mass is 339 g/mol. The van der Waals surface area contributed by atoms with E-state index in [1.54, 1.807) is 0 Å². The predicted octanol–water partition coefficient (Wildman–Crippen LogP) is 6.29. The quantitative estimate of drug-likeness (QED) is 0.511. The van der Waals surface area contributed by atoms with Crippen LogP contribution in [0.5, 0.6) is 0 Å². The van der Waals surface area contributed by atoms with Crippen LogP contribution in [0, 0.1) is 6.92 Å². The van der Waals surface area contributed by atoms with Crippen LogP contribution < -0.4 is 0 Å². The number of rotatable bonds is 3. The molecule has 2 aromatic carbocycles. The van der Waals surface area contributed by atoms with Crippen molar-refractivity contribution in [3.8, 4) is 0 Å². The molecule has 3 rings (SSSR count). The van der Waals surface area contributed by atoms with Gasteiger partial charge in [-0.05, 0) is 60.5 Å². The van der Waals surface area contributed by atoms with Crippen molar-refractivity contribution < 1.29 is 0 Å². The van der Waals surface area contributed by atoms with Gasteiger partial charge in [0, 0.05) is 21.3 Å². The Balaban J connectivity index is 2.13. The maximum atomic E-state index is 6.02. The molecule has 0 radical (unpaired) electrons. The summed E-state index contributed by atoms with van der Waals surface area (Å²) in [6.45, 7) is 1.99. The summed E-state index contributed by atoms with van der Waals surface area (Å²) in [4.78, 5) is 4.66. The van der Waals surface area contributed by atoms with E-state index in [2.05, 4.69) is 11.1 Å². The van der Waals surface area contributed by atoms with Crippen LogP contribution in [0.1, 0.15) is 22.5 Å². The van der Waals surface area contributed by atoms with Crippen molar-refractivity contribution in [3.63, 3.8) is 0 Å². The fourth-order valence-electron chi connectivity index (χ4n) is 2.35. The number of benzene rings is 2. The van der Waals surface area contributed by atoms with Crippen LogP contribution in [0.2, 0.25) is 10.0 Å². The van der Waals surface area contributed by atoms with E-state index in [9.17, 15) is 0 Å². The molecule has 0 aliphatic rings. The molecule has 0 saturated heterocycles. The fraction of sp³-hybridized carbons (Fsp3) is 0.0500. The maximum Gasteiger partial charge on any atom is 0.0711 e. The molecule has 3 heteroatoms. The number of nitrogens with zero attached hydrogens (tertiary/aromatic N) is 1. The second-order valence-corrected chi connectivity index (χ2v) is 6.15. The highest BCUT2D eigenvalue weighted by Gasteiger charge is 2.07. The van der Waals surface area contributed by atoms with Gasteiger partial charge in [0.1, 0.15) is 0 Å². The van der Waals surface area contributed by atoms with Gasteiger partial charge < -0.3 is 0 Å². The van der Waals surface area contributed by atoms with E-state index in [4.69, 9.17) is 23.2 Å². The number of hydrogen-bond donors (Lipinski definition) is 0. The Kier molecular flexibility index (Phi) is 4.80. The molecule has 0 saturated carbocycles. The third-order valence-corrected chi connectivity index (χ3v) is 4.00. The molecule has 0 unspecified atom stereocenters. The zero-order valence-electron chi connectivity index (χ0n) is 12.6. The first kappa shape index (κ1) is 15.8. The molecule has 1 aromatic heterocycles. The molecule has 0 aliphatic heterocycles. The number of pyridine rings is 1. The minimum atomic E-state index is 0.719. The van der Waals surface area contributed by atoms with E-state index in [0.717, 1.165) is 38.1 Å². The molecular formula is C20H15Cl2N. The molecule has 3 aromatic rings. The van der Waals surface area contributed by atoms with Crippen molar-refractivity contribution in [2.45, 2.75) is 6.92 Å². The first-order chi connectivity index (χ1) is 11.1. The van der Waals surface area contributed by atoms with Gasteiger partial charge in [-0.1, -0.05) is 53.5 Å². The van der Waals surface area contributed by atoms with E-state index >= 15 is 0 Å². The average molecular weight is 340 g/mol. The highest BCUT2D eigenvalue weighted by molar-refractivity contribution is 6.30. The van der Waals surface area contributed by atoms with Gasteiger partial charge >= 0.3 is 0 Å². The second kappa shape index (κ2) is 6.99. The summed E-state index contributed by atoms with van der Waals surface area (Å²) in [5.74, 6) is 0. The molecule has 0 aliphatic carbocycles. The van der Waals surface area contributed by atoms with Gasteiger partial charge in [0.2, 0.25) is 0 Å². The average Bonchev–Trinajstić information content (AvgIpc) is 2.55. The lowest BCUT2D eigenvalue weighted by Gasteiger charge is -2.09. The summed E-state index contributed by atoms with van der Waals surface area (Å²) < 4.78 is 0. The maximum absolute atomic E-state index is 6.02. The fourth-order valence-corrected chi connectivity index (χ4v) is 2.61. The molecule has 114 valence electrons. The number of halogens is 2. The Bertz CT molecular complexity index is 834. The number of aromatic nitrogens is 1. The summed E-state index contributed by atoms with van der Waals surface area (Å²) in [7, 11) is 0. The summed E-state index contributed by atoms with van der Waals surface area (Å²) in [5, 5.41) is 1.45. The summed E-state index contributed by atoms with van der Waals surface area (Å²) >= 11 is 12.0. The molecule has 0 fully saturated rings. The standard InChI is InChI=1S/C20H15Cl2N/c1-14-3-2-4-20(23-14)19(16-7-11-18(22)12-8-16)13-15-5-9-17(21)10-6-15/h2-13H,1H3. The normalized spacial score (nSPS) is 11.5. The van der Waals surface area contributed by atoms with E-state index < -0.39 is 0 Å². The largest absolute Gasteiger partial charge is 0.253 e. The van der Waals surface area contributed by atoms with Crippen LogP contribution in [0.15, 0.2) is 66.7 Å². The SMILES string of the molecule is Cc1cccc(C(=Cc2ccc(Cl)cc2)c2ccc(Cl)cc2)n1. The predicted molar refractivity (Wildman–Crippen MR) is 98.9 cm³/mol. The summed E-state index contributed by atoms with van der Waals surface area (Å²) in [6.07, 6.45) is 2.11. The third-order valence-electron chi connectivity index (χ3n) is 3.50. The molecule has 0 N–H and O–H groups in total. The molecule has 1 nitrogen and oxygen atoms in total. The molecule has 0 amide bonds.